The lowest BCUT2D eigenvalue weighted by atomic mass is 9.84. The van der Waals surface area contributed by atoms with Crippen LogP contribution in [0.1, 0.15) is 30.4 Å². The summed E-state index contributed by atoms with van der Waals surface area (Å²) < 4.78 is 22.6. The molecule has 4 rings (SSSR count). The quantitative estimate of drug-likeness (QED) is 0.805. The fraction of sp³-hybridized carbons (Fsp3) is 0.444. The zero-order chi connectivity index (χ0) is 15.2. The van der Waals surface area contributed by atoms with Gasteiger partial charge < -0.3 is 18.3 Å². The number of methoxy groups -OCH3 is 2. The van der Waals surface area contributed by atoms with E-state index in [1.807, 2.05) is 12.1 Å². The molecule has 2 saturated carbocycles. The van der Waals surface area contributed by atoms with Gasteiger partial charge in [-0.1, -0.05) is 6.42 Å². The average Bonchev–Trinajstić information content (AvgIpc) is 3.29. The SMILES string of the molecule is COC1(OC)[C](c2ccoc2)C2CCCC2[C]1c1ccoc1. The van der Waals surface area contributed by atoms with Crippen LogP contribution in [0.4, 0.5) is 0 Å². The molecule has 2 aliphatic rings. The normalized spacial score (nSPS) is 28.3. The predicted molar refractivity (Wildman–Crippen MR) is 79.7 cm³/mol. The highest BCUT2D eigenvalue weighted by molar-refractivity contribution is 5.52. The van der Waals surface area contributed by atoms with Crippen LogP contribution in [0.25, 0.3) is 0 Å². The molecule has 0 bridgehead atoms. The minimum Gasteiger partial charge on any atom is -0.472 e. The smallest absolute Gasteiger partial charge is 0.189 e. The number of hydrogen-bond acceptors (Lipinski definition) is 4. The number of fused-ring (bicyclic) bond motifs is 1. The van der Waals surface area contributed by atoms with Crippen molar-refractivity contribution in [1.29, 1.82) is 0 Å². The summed E-state index contributed by atoms with van der Waals surface area (Å²) in [5.41, 5.74) is 2.14. The Morgan fingerprint density at radius 1 is 0.909 bits per heavy atom. The van der Waals surface area contributed by atoms with E-state index in [-0.39, 0.29) is 0 Å². The molecule has 4 nitrogen and oxygen atoms in total. The summed E-state index contributed by atoms with van der Waals surface area (Å²) in [6.07, 6.45) is 10.5. The lowest BCUT2D eigenvalue weighted by molar-refractivity contribution is -0.171. The van der Waals surface area contributed by atoms with Gasteiger partial charge in [0, 0.05) is 25.3 Å². The summed E-state index contributed by atoms with van der Waals surface area (Å²) in [6.45, 7) is 0. The molecule has 0 saturated heterocycles. The first-order valence-electron chi connectivity index (χ1n) is 7.72. The van der Waals surface area contributed by atoms with Crippen LogP contribution in [0.3, 0.4) is 0 Å². The third-order valence-electron chi connectivity index (χ3n) is 5.21. The van der Waals surface area contributed by atoms with E-state index in [1.165, 1.54) is 18.3 Å². The molecule has 0 spiro atoms. The number of hydrogen-bond donors (Lipinski definition) is 0. The first kappa shape index (κ1) is 14.1. The molecule has 2 atom stereocenters. The molecule has 116 valence electrons. The van der Waals surface area contributed by atoms with E-state index in [0.717, 1.165) is 24.0 Å². The highest BCUT2D eigenvalue weighted by atomic mass is 16.7. The summed E-state index contributed by atoms with van der Waals surface area (Å²) in [5, 5.41) is 0. The Kier molecular flexibility index (Phi) is 3.39. The lowest BCUT2D eigenvalue weighted by Crippen LogP contribution is -2.44. The van der Waals surface area contributed by atoms with Gasteiger partial charge in [0.15, 0.2) is 5.79 Å². The summed E-state index contributed by atoms with van der Waals surface area (Å²) in [6, 6.07) is 3.99. The molecule has 2 aromatic heterocycles. The second kappa shape index (κ2) is 5.28. The third kappa shape index (κ3) is 1.77. The van der Waals surface area contributed by atoms with Gasteiger partial charge in [-0.25, -0.2) is 0 Å². The highest BCUT2D eigenvalue weighted by Gasteiger charge is 2.64. The van der Waals surface area contributed by atoms with Crippen molar-refractivity contribution >= 4 is 0 Å². The van der Waals surface area contributed by atoms with E-state index in [4.69, 9.17) is 18.3 Å². The first-order valence-corrected chi connectivity index (χ1v) is 7.72. The third-order valence-corrected chi connectivity index (χ3v) is 5.21. The van der Waals surface area contributed by atoms with Crippen molar-refractivity contribution in [3.05, 3.63) is 60.1 Å². The molecule has 2 fully saturated rings. The maximum atomic E-state index is 5.98. The van der Waals surface area contributed by atoms with Gasteiger partial charge >= 0.3 is 0 Å². The zero-order valence-electron chi connectivity index (χ0n) is 12.9. The largest absolute Gasteiger partial charge is 0.472 e. The molecule has 0 aliphatic heterocycles. The van der Waals surface area contributed by atoms with E-state index in [9.17, 15) is 0 Å². The molecule has 2 unspecified atom stereocenters. The van der Waals surface area contributed by atoms with E-state index in [1.54, 1.807) is 39.3 Å². The van der Waals surface area contributed by atoms with E-state index in [2.05, 4.69) is 0 Å². The average molecular weight is 300 g/mol. The summed E-state index contributed by atoms with van der Waals surface area (Å²) in [4.78, 5) is 0. The van der Waals surface area contributed by atoms with Crippen molar-refractivity contribution < 1.29 is 18.3 Å². The summed E-state index contributed by atoms with van der Waals surface area (Å²) in [5.74, 6) is 2.41. The fourth-order valence-corrected chi connectivity index (χ4v) is 4.45. The van der Waals surface area contributed by atoms with Gasteiger partial charge in [0.1, 0.15) is 0 Å². The number of furan rings is 2. The fourth-order valence-electron chi connectivity index (χ4n) is 4.45. The van der Waals surface area contributed by atoms with Gasteiger partial charge in [-0.15, -0.1) is 0 Å². The molecule has 0 amide bonds. The van der Waals surface area contributed by atoms with Crippen molar-refractivity contribution in [2.75, 3.05) is 14.2 Å². The monoisotopic (exact) mass is 300 g/mol. The standard InChI is InChI=1S/C18H20O4/c1-19-18(20-2)16(12-6-8-21-10-12)14-4-3-5-15(14)17(18)13-7-9-22-11-13/h6-11,14-15H,3-5H2,1-2H3. The van der Waals surface area contributed by atoms with Crippen LogP contribution in [-0.4, -0.2) is 20.0 Å². The van der Waals surface area contributed by atoms with Crippen LogP contribution in [0.5, 0.6) is 0 Å². The molecule has 22 heavy (non-hydrogen) atoms. The van der Waals surface area contributed by atoms with Crippen molar-refractivity contribution in [2.24, 2.45) is 11.8 Å². The Labute approximate surface area is 130 Å². The van der Waals surface area contributed by atoms with Gasteiger partial charge in [-0.3, -0.25) is 0 Å². The predicted octanol–water partition coefficient (Wildman–Crippen LogP) is 3.84. The lowest BCUT2D eigenvalue weighted by Gasteiger charge is -2.38. The molecule has 2 aromatic rings. The Bertz CT molecular complexity index is 547. The zero-order valence-corrected chi connectivity index (χ0v) is 12.9. The number of rotatable bonds is 4. The molecule has 2 aliphatic carbocycles. The molecular weight excluding hydrogens is 280 g/mol. The van der Waals surface area contributed by atoms with E-state index in [0.29, 0.717) is 11.8 Å². The Morgan fingerprint density at radius 3 is 1.77 bits per heavy atom. The van der Waals surface area contributed by atoms with Crippen molar-refractivity contribution in [1.82, 2.24) is 0 Å². The van der Waals surface area contributed by atoms with Crippen LogP contribution < -0.4 is 0 Å². The van der Waals surface area contributed by atoms with Gasteiger partial charge in [-0.05, 0) is 36.8 Å². The van der Waals surface area contributed by atoms with Crippen LogP contribution in [-0.2, 0) is 9.47 Å². The maximum Gasteiger partial charge on any atom is 0.189 e. The molecule has 2 heterocycles. The second-order valence-corrected chi connectivity index (χ2v) is 6.02. The maximum absolute atomic E-state index is 5.98. The Balaban J connectivity index is 1.87. The van der Waals surface area contributed by atoms with Gasteiger partial charge in [-0.2, -0.15) is 0 Å². The van der Waals surface area contributed by atoms with Crippen LogP contribution >= 0.6 is 0 Å². The van der Waals surface area contributed by atoms with Crippen molar-refractivity contribution in [3.63, 3.8) is 0 Å². The van der Waals surface area contributed by atoms with Crippen molar-refractivity contribution in [3.8, 4) is 0 Å². The minimum atomic E-state index is -0.830. The van der Waals surface area contributed by atoms with Gasteiger partial charge in [0.05, 0.1) is 36.9 Å². The first-order chi connectivity index (χ1) is 10.8. The van der Waals surface area contributed by atoms with Crippen LogP contribution in [0, 0.1) is 23.7 Å². The van der Waals surface area contributed by atoms with Gasteiger partial charge in [0.2, 0.25) is 0 Å². The Morgan fingerprint density at radius 2 is 1.41 bits per heavy atom. The van der Waals surface area contributed by atoms with E-state index >= 15 is 0 Å². The molecule has 2 radical (unpaired) electrons. The molecular formula is C18H20O4. The van der Waals surface area contributed by atoms with E-state index < -0.39 is 5.79 Å². The van der Waals surface area contributed by atoms with Crippen LogP contribution in [0.15, 0.2) is 46.0 Å². The molecule has 0 N–H and O–H groups in total. The van der Waals surface area contributed by atoms with Crippen molar-refractivity contribution in [2.45, 2.75) is 25.0 Å². The molecule has 4 heteroatoms. The van der Waals surface area contributed by atoms with Gasteiger partial charge in [0.25, 0.3) is 0 Å². The second-order valence-electron chi connectivity index (χ2n) is 6.02. The Hall–Kier alpha value is -1.52. The minimum absolute atomic E-state index is 0.433. The highest BCUT2D eigenvalue weighted by Crippen LogP contribution is 2.63. The summed E-state index contributed by atoms with van der Waals surface area (Å²) in [7, 11) is 3.43. The van der Waals surface area contributed by atoms with Crippen LogP contribution in [0.2, 0.25) is 0 Å². The molecule has 0 aromatic carbocycles. The summed E-state index contributed by atoms with van der Waals surface area (Å²) >= 11 is 0. The topological polar surface area (TPSA) is 44.7 Å². The number of ether oxygens (including phenoxy) is 2.